The highest BCUT2D eigenvalue weighted by Crippen LogP contribution is 2.28. The van der Waals surface area contributed by atoms with Crippen molar-refractivity contribution in [3.63, 3.8) is 0 Å². The average molecular weight is 337 g/mol. The number of rotatable bonds is 6. The second-order valence-electron chi connectivity index (χ2n) is 5.84. The van der Waals surface area contributed by atoms with Crippen molar-refractivity contribution in [2.45, 2.75) is 5.75 Å². The number of Topliss-reactive ketones (excluding diaryl/α,β-unsaturated/α-hetero) is 1. The van der Waals surface area contributed by atoms with E-state index in [1.54, 1.807) is 7.11 Å². The molecule has 2 nitrogen and oxygen atoms in total. The molecular formula is C21H21O2S+. The van der Waals surface area contributed by atoms with E-state index in [-0.39, 0.29) is 16.7 Å². The molecule has 0 heterocycles. The lowest BCUT2D eigenvalue weighted by atomic mass is 10.0. The number of hydrogen-bond acceptors (Lipinski definition) is 2. The van der Waals surface area contributed by atoms with E-state index < -0.39 is 0 Å². The molecule has 24 heavy (non-hydrogen) atoms. The number of ketones is 1. The van der Waals surface area contributed by atoms with E-state index >= 15 is 0 Å². The third-order valence-corrected chi connectivity index (χ3v) is 5.62. The SMILES string of the molecule is COc1ccc(C(=O)C[S+](C)Cc2ccccc2)c2ccccc12. The van der Waals surface area contributed by atoms with Gasteiger partial charge in [-0.25, -0.2) is 0 Å². The summed E-state index contributed by atoms with van der Waals surface area (Å²) >= 11 is 0. The highest BCUT2D eigenvalue weighted by atomic mass is 32.2. The summed E-state index contributed by atoms with van der Waals surface area (Å²) in [7, 11) is 1.68. The van der Waals surface area contributed by atoms with Crippen molar-refractivity contribution in [2.75, 3.05) is 19.1 Å². The maximum absolute atomic E-state index is 12.8. The monoisotopic (exact) mass is 337 g/mol. The van der Waals surface area contributed by atoms with Gasteiger partial charge in [0.15, 0.2) is 5.75 Å². The summed E-state index contributed by atoms with van der Waals surface area (Å²) in [4.78, 5) is 12.8. The van der Waals surface area contributed by atoms with Crippen molar-refractivity contribution in [3.05, 3.63) is 77.9 Å². The molecule has 0 amide bonds. The van der Waals surface area contributed by atoms with Crippen molar-refractivity contribution >= 4 is 27.5 Å². The molecule has 3 rings (SSSR count). The van der Waals surface area contributed by atoms with Crippen LogP contribution in [0.25, 0.3) is 10.8 Å². The first kappa shape index (κ1) is 16.6. The fourth-order valence-corrected chi connectivity index (χ4v) is 4.37. The van der Waals surface area contributed by atoms with Crippen molar-refractivity contribution in [1.82, 2.24) is 0 Å². The summed E-state index contributed by atoms with van der Waals surface area (Å²) < 4.78 is 5.41. The van der Waals surface area contributed by atoms with Crippen molar-refractivity contribution in [2.24, 2.45) is 0 Å². The molecule has 0 aliphatic heterocycles. The van der Waals surface area contributed by atoms with Crippen LogP contribution in [-0.4, -0.2) is 24.9 Å². The molecule has 1 atom stereocenters. The third-order valence-electron chi connectivity index (χ3n) is 4.04. The van der Waals surface area contributed by atoms with Gasteiger partial charge >= 0.3 is 0 Å². The number of benzene rings is 3. The smallest absolute Gasteiger partial charge is 0.212 e. The van der Waals surface area contributed by atoms with E-state index in [1.807, 2.05) is 54.6 Å². The summed E-state index contributed by atoms with van der Waals surface area (Å²) in [6.45, 7) is 0. The Hall–Kier alpha value is -2.26. The summed E-state index contributed by atoms with van der Waals surface area (Å²) in [6.07, 6.45) is 2.16. The molecular weight excluding hydrogens is 316 g/mol. The predicted octanol–water partition coefficient (Wildman–Crippen LogP) is 4.48. The number of carbonyl (C=O) groups excluding carboxylic acids is 1. The van der Waals surface area contributed by atoms with Gasteiger partial charge in [-0.3, -0.25) is 4.79 Å². The maximum atomic E-state index is 12.8. The number of methoxy groups -OCH3 is 1. The molecule has 0 aliphatic rings. The minimum atomic E-state index is 0.0176. The minimum Gasteiger partial charge on any atom is -0.496 e. The molecule has 3 aromatic rings. The Bertz CT molecular complexity index is 843. The van der Waals surface area contributed by atoms with Crippen molar-refractivity contribution < 1.29 is 9.53 Å². The number of carbonyl (C=O) groups is 1. The zero-order chi connectivity index (χ0) is 16.9. The Morgan fingerprint density at radius 1 is 0.917 bits per heavy atom. The highest BCUT2D eigenvalue weighted by Gasteiger charge is 2.21. The lowest BCUT2D eigenvalue weighted by Crippen LogP contribution is -2.17. The van der Waals surface area contributed by atoms with Crippen LogP contribution >= 0.6 is 0 Å². The topological polar surface area (TPSA) is 26.3 Å². The van der Waals surface area contributed by atoms with Crippen LogP contribution in [0.3, 0.4) is 0 Å². The van der Waals surface area contributed by atoms with Gasteiger partial charge in [0.05, 0.1) is 13.4 Å². The van der Waals surface area contributed by atoms with Gasteiger partial charge in [0.1, 0.15) is 11.5 Å². The number of hydrogen-bond donors (Lipinski definition) is 0. The third kappa shape index (κ3) is 3.62. The molecule has 0 saturated carbocycles. The van der Waals surface area contributed by atoms with Gasteiger partial charge < -0.3 is 4.74 Å². The first-order valence-electron chi connectivity index (χ1n) is 7.91. The summed E-state index contributed by atoms with van der Waals surface area (Å²) in [6, 6.07) is 22.1. The number of fused-ring (bicyclic) bond motifs is 1. The summed E-state index contributed by atoms with van der Waals surface area (Å²) in [5.41, 5.74) is 2.08. The fourth-order valence-electron chi connectivity index (χ4n) is 2.90. The molecule has 0 bridgehead atoms. The second-order valence-corrected chi connectivity index (χ2v) is 7.98. The molecule has 122 valence electrons. The normalized spacial score (nSPS) is 12.1. The molecule has 1 unspecified atom stereocenters. The van der Waals surface area contributed by atoms with Crippen LogP contribution in [0.15, 0.2) is 66.7 Å². The van der Waals surface area contributed by atoms with E-state index in [0.717, 1.165) is 27.8 Å². The summed E-state index contributed by atoms with van der Waals surface area (Å²) in [5.74, 6) is 2.53. The molecule has 3 aromatic carbocycles. The van der Waals surface area contributed by atoms with Gasteiger partial charge in [-0.05, 0) is 28.4 Å². The van der Waals surface area contributed by atoms with Gasteiger partial charge in [-0.1, -0.05) is 54.6 Å². The maximum Gasteiger partial charge on any atom is 0.212 e. The van der Waals surface area contributed by atoms with E-state index in [9.17, 15) is 4.79 Å². The fraction of sp³-hybridized carbons (Fsp3) is 0.190. The Balaban J connectivity index is 1.81. The van der Waals surface area contributed by atoms with Crippen LogP contribution in [0.2, 0.25) is 0 Å². The molecule has 0 fully saturated rings. The number of ether oxygens (including phenoxy) is 1. The quantitative estimate of drug-likeness (QED) is 0.490. The van der Waals surface area contributed by atoms with Gasteiger partial charge in [0.25, 0.3) is 0 Å². The van der Waals surface area contributed by atoms with E-state index in [2.05, 4.69) is 18.4 Å². The van der Waals surface area contributed by atoms with Crippen molar-refractivity contribution in [3.8, 4) is 5.75 Å². The lowest BCUT2D eigenvalue weighted by Gasteiger charge is -2.10. The van der Waals surface area contributed by atoms with Crippen molar-refractivity contribution in [1.29, 1.82) is 0 Å². The van der Waals surface area contributed by atoms with Crippen LogP contribution in [0.1, 0.15) is 15.9 Å². The van der Waals surface area contributed by atoms with Crippen LogP contribution < -0.4 is 4.74 Å². The van der Waals surface area contributed by atoms with Gasteiger partial charge in [0.2, 0.25) is 5.78 Å². The molecule has 0 aliphatic carbocycles. The van der Waals surface area contributed by atoms with E-state index in [1.165, 1.54) is 5.56 Å². The molecule has 0 saturated heterocycles. The molecule has 0 radical (unpaired) electrons. The zero-order valence-electron chi connectivity index (χ0n) is 14.0. The predicted molar refractivity (Wildman–Crippen MR) is 103 cm³/mol. The Morgan fingerprint density at radius 3 is 2.29 bits per heavy atom. The summed E-state index contributed by atoms with van der Waals surface area (Å²) in [5, 5.41) is 1.96. The van der Waals surface area contributed by atoms with Crippen LogP contribution in [0, 0.1) is 0 Å². The van der Waals surface area contributed by atoms with Gasteiger partial charge in [-0.2, -0.15) is 0 Å². The highest BCUT2D eigenvalue weighted by molar-refractivity contribution is 7.96. The van der Waals surface area contributed by atoms with Crippen LogP contribution in [0.4, 0.5) is 0 Å². The molecule has 0 spiro atoms. The van der Waals surface area contributed by atoms with Gasteiger partial charge in [0, 0.05) is 16.5 Å². The Kier molecular flexibility index (Phi) is 5.21. The van der Waals surface area contributed by atoms with Crippen LogP contribution in [0.5, 0.6) is 5.75 Å². The van der Waals surface area contributed by atoms with Crippen LogP contribution in [-0.2, 0) is 16.6 Å². The first-order valence-corrected chi connectivity index (χ1v) is 9.88. The van der Waals surface area contributed by atoms with Gasteiger partial charge in [-0.15, -0.1) is 0 Å². The minimum absolute atomic E-state index is 0.0176. The Morgan fingerprint density at radius 2 is 1.58 bits per heavy atom. The Labute approximate surface area is 145 Å². The second kappa shape index (κ2) is 7.54. The van der Waals surface area contributed by atoms with E-state index in [0.29, 0.717) is 5.75 Å². The molecule has 0 N–H and O–H groups in total. The average Bonchev–Trinajstić information content (AvgIpc) is 2.61. The zero-order valence-corrected chi connectivity index (χ0v) is 14.8. The standard InChI is InChI=1S/C21H21O2S/c1-23-21-13-12-18(17-10-6-7-11-19(17)21)20(22)15-24(2)14-16-8-4-3-5-9-16/h3-13H,14-15H2,1-2H3/q+1. The molecule has 3 heteroatoms. The van der Waals surface area contributed by atoms with E-state index in [4.69, 9.17) is 4.74 Å². The largest absolute Gasteiger partial charge is 0.496 e. The lowest BCUT2D eigenvalue weighted by molar-refractivity contribution is 0.102. The molecule has 0 aromatic heterocycles. The first-order chi connectivity index (χ1) is 11.7.